The quantitative estimate of drug-likeness (QED) is 0.597. The predicted molar refractivity (Wildman–Crippen MR) is 3.43 cm³/mol. The second kappa shape index (κ2) is 0.837. The van der Waals surface area contributed by atoms with E-state index in [-0.39, 0.29) is 0 Å². The Kier molecular flexibility index (Phi) is 0.849. The zero-order valence-electron chi connectivity index (χ0n) is 2.62. The molecule has 0 N–H and O–H groups in total. The number of hydrogen-bond acceptors (Lipinski definition) is 5. The molecule has 6 heavy (non-hydrogen) atoms. The molecule has 0 atom stereocenters. The molecule has 0 aliphatic rings. The molecule has 0 spiro atoms. The first-order valence-electron chi connectivity index (χ1n) is 1.18. The van der Waals surface area contributed by atoms with Crippen LogP contribution in [0.2, 0.25) is 0 Å². The average Bonchev–Trinajstić information content (AvgIpc) is 0.650. The minimum absolute atomic E-state index is 8.19. The van der Waals surface area contributed by atoms with Gasteiger partial charge in [0.2, 0.25) is 0 Å². The van der Waals surface area contributed by atoms with E-state index in [1.807, 2.05) is 0 Å². The predicted octanol–water partition coefficient (Wildman–Crippen LogP) is -0.594. The molecule has 0 aromatic carbocycles. The van der Waals surface area contributed by atoms with Gasteiger partial charge in [-0.1, -0.05) is 0 Å². The van der Waals surface area contributed by atoms with Gasteiger partial charge in [-0.25, -0.2) is 0 Å². The summed E-state index contributed by atoms with van der Waals surface area (Å²) in [6, 6.07) is 0. The van der Waals surface area contributed by atoms with Crippen LogP contribution >= 0.6 is 0 Å². The average molecular weight is 311 g/mol. The van der Waals surface area contributed by atoms with Gasteiger partial charge in [-0.2, -0.15) is 0 Å². The fourth-order valence-corrected chi connectivity index (χ4v) is 0. The van der Waals surface area contributed by atoms with Crippen molar-refractivity contribution in [2.75, 3.05) is 0 Å². The molecule has 6 heteroatoms. The first-order valence-corrected chi connectivity index (χ1v) is 11.0. The van der Waals surface area contributed by atoms with Crippen LogP contribution in [0.4, 0.5) is 0 Å². The van der Waals surface area contributed by atoms with Crippen LogP contribution in [0, 0.1) is 23.9 Å². The molecule has 0 bridgehead atoms. The van der Waals surface area contributed by atoms with Gasteiger partial charge in [0.25, 0.3) is 0 Å². The van der Waals surface area contributed by atoms with Crippen molar-refractivity contribution in [1.29, 1.82) is 0 Å². The van der Waals surface area contributed by atoms with Gasteiger partial charge in [-0.15, -0.1) is 0 Å². The second-order valence-electron chi connectivity index (χ2n) is 0.962. The molecule has 0 radical (unpaired) electrons. The van der Waals surface area contributed by atoms with Crippen molar-refractivity contribution >= 4 is 0 Å². The van der Waals surface area contributed by atoms with E-state index in [0.717, 1.165) is 0 Å². The summed E-state index contributed by atoms with van der Waals surface area (Å²) in [4.78, 5) is 0. The third-order valence-electron chi connectivity index (χ3n) is 0. The third kappa shape index (κ3) is 4730. The Labute approximate surface area is 34.4 Å². The Bertz CT molecular complexity index is 274. The maximum atomic E-state index is 8.69. The summed E-state index contributed by atoms with van der Waals surface area (Å²) >= 11 is -8.19. The van der Waals surface area contributed by atoms with E-state index in [2.05, 4.69) is 0 Å². The summed E-state index contributed by atoms with van der Waals surface area (Å²) in [6.07, 6.45) is 0. The SMILES string of the molecule is [O]=[Pa](=[O])(=[O])(=[O])=[O]. The van der Waals surface area contributed by atoms with Crippen LogP contribution in [0.5, 0.6) is 0 Å². The van der Waals surface area contributed by atoms with Crippen molar-refractivity contribution in [3.63, 3.8) is 0 Å². The van der Waals surface area contributed by atoms with Gasteiger partial charge < -0.3 is 0 Å². The van der Waals surface area contributed by atoms with Gasteiger partial charge in [-0.3, -0.25) is 0 Å². The maximum absolute atomic E-state index is 8.69. The summed E-state index contributed by atoms with van der Waals surface area (Å²) in [7, 11) is 0. The summed E-state index contributed by atoms with van der Waals surface area (Å²) in [6.45, 7) is 0. The molecule has 5 nitrogen and oxygen atoms in total. The van der Waals surface area contributed by atoms with Crippen LogP contribution in [0.1, 0.15) is 0 Å². The summed E-state index contributed by atoms with van der Waals surface area (Å²) < 4.78 is 43.4. The molecule has 0 aliphatic carbocycles. The standard InChI is InChI=1S/5O.Pa. The number of rotatable bonds is 0. The molecule has 0 aromatic heterocycles. The van der Waals surface area contributed by atoms with Gasteiger partial charge >= 0.3 is 34.3 Å². The zero-order chi connectivity index (χ0) is 5.45. The van der Waals surface area contributed by atoms with Crippen LogP contribution in [0.25, 0.3) is 0 Å². The fraction of sp³-hybridized carbons (Fsp3) is 0. The molecule has 0 fully saturated rings. The first kappa shape index (κ1) is 6.09. The molecule has 0 amide bonds. The molecule has 0 rings (SSSR count). The van der Waals surface area contributed by atoms with E-state index in [9.17, 15) is 0 Å². The molecule has 33 valence electrons. The van der Waals surface area contributed by atoms with Crippen LogP contribution in [0.15, 0.2) is 0 Å². The molecule has 0 saturated carbocycles. The van der Waals surface area contributed by atoms with Gasteiger partial charge in [0, 0.05) is 0 Å². The van der Waals surface area contributed by atoms with Crippen molar-refractivity contribution in [2.24, 2.45) is 0 Å². The van der Waals surface area contributed by atoms with E-state index in [1.54, 1.807) is 0 Å². The Morgan fingerprint density at radius 2 is 0.667 bits per heavy atom. The topological polar surface area (TPSA) is 85.3 Å². The van der Waals surface area contributed by atoms with Crippen LogP contribution in [-0.4, -0.2) is 0 Å². The Morgan fingerprint density at radius 1 is 0.667 bits per heavy atom. The van der Waals surface area contributed by atoms with E-state index in [1.165, 1.54) is 0 Å². The van der Waals surface area contributed by atoms with Crippen molar-refractivity contribution in [2.45, 2.75) is 0 Å². The molecular weight excluding hydrogens is 311 g/mol. The molecular formula is O5Pa. The second-order valence-corrected chi connectivity index (χ2v) is 8.98. The Hall–Kier alpha value is 0.0909. The number of hydrogen-bond donors (Lipinski definition) is 0. The Balaban J connectivity index is 7.45. The monoisotopic (exact) mass is 311 g/mol. The third-order valence-corrected chi connectivity index (χ3v) is 0. The van der Waals surface area contributed by atoms with Crippen LogP contribution in [0.3, 0.4) is 0 Å². The van der Waals surface area contributed by atoms with Crippen molar-refractivity contribution in [3.05, 3.63) is 0 Å². The minimum atomic E-state index is -8.19. The molecule has 0 heterocycles. The molecule has 0 aliphatic heterocycles. The van der Waals surface area contributed by atoms with Gasteiger partial charge in [0.15, 0.2) is 0 Å². The Morgan fingerprint density at radius 3 is 0.667 bits per heavy atom. The summed E-state index contributed by atoms with van der Waals surface area (Å²) in [5.74, 6) is 0. The first-order chi connectivity index (χ1) is 2.24. The van der Waals surface area contributed by atoms with Crippen LogP contribution in [-0.2, 0) is 10.5 Å². The molecule has 0 saturated heterocycles. The van der Waals surface area contributed by atoms with Gasteiger partial charge in [-0.05, 0) is 0 Å². The summed E-state index contributed by atoms with van der Waals surface area (Å²) in [5, 5.41) is 0. The van der Waals surface area contributed by atoms with E-state index in [0.29, 0.717) is 0 Å². The van der Waals surface area contributed by atoms with Crippen LogP contribution < -0.4 is 0 Å². The normalized spacial score (nSPS) is 18.3. The zero-order valence-corrected chi connectivity index (χ0v) is 7.43. The van der Waals surface area contributed by atoms with Gasteiger partial charge in [0.05, 0.1) is 0 Å². The summed E-state index contributed by atoms with van der Waals surface area (Å²) in [5.41, 5.74) is 0. The van der Waals surface area contributed by atoms with E-state index >= 15 is 0 Å². The molecule has 0 unspecified atom stereocenters. The van der Waals surface area contributed by atoms with Crippen molar-refractivity contribution in [3.8, 4) is 0 Å². The van der Waals surface area contributed by atoms with Crippen molar-refractivity contribution < 1.29 is 34.3 Å². The molecule has 0 aromatic rings. The fourth-order valence-electron chi connectivity index (χ4n) is 0. The van der Waals surface area contributed by atoms with E-state index < -0.39 is 23.9 Å². The van der Waals surface area contributed by atoms with Crippen molar-refractivity contribution in [1.82, 2.24) is 0 Å². The van der Waals surface area contributed by atoms with Gasteiger partial charge in [0.1, 0.15) is 0 Å². The van der Waals surface area contributed by atoms with E-state index in [4.69, 9.17) is 10.5 Å².